The molecule has 1 fully saturated rings. The van der Waals surface area contributed by atoms with E-state index in [-0.39, 0.29) is 24.3 Å². The summed E-state index contributed by atoms with van der Waals surface area (Å²) in [5, 5.41) is 6.04. The van der Waals surface area contributed by atoms with E-state index in [1.807, 2.05) is 0 Å². The molecule has 1 heterocycles. The molecule has 3 amide bonds. The number of nitrogens with zero attached hydrogens (tertiary/aromatic N) is 1. The Balaban J connectivity index is 1.96. The zero-order chi connectivity index (χ0) is 18.4. The zero-order valence-corrected chi connectivity index (χ0v) is 15.1. The lowest BCUT2D eigenvalue weighted by molar-refractivity contribution is -0.125. The molecule has 8 heteroatoms. The number of hydrogen-bond acceptors (Lipinski definition) is 3. The van der Waals surface area contributed by atoms with Gasteiger partial charge >= 0.3 is 0 Å². The second-order valence-electron chi connectivity index (χ2n) is 5.60. The first-order chi connectivity index (χ1) is 11.9. The summed E-state index contributed by atoms with van der Waals surface area (Å²) in [5.74, 6) is -0.821. The average Bonchev–Trinajstić information content (AvgIpc) is 3.06. The standard InChI is InChI=1S/C17H19Cl2N3O3/c1-2-15(23)20-5-6-21-16(24)14-4-3-7-22(14)17(25)11-8-12(18)10-13(19)9-11/h2,8-10,14H,1,3-7H2,(H,20,23)(H,21,24). The topological polar surface area (TPSA) is 78.5 Å². The second kappa shape index (κ2) is 8.87. The highest BCUT2D eigenvalue weighted by Gasteiger charge is 2.34. The summed E-state index contributed by atoms with van der Waals surface area (Å²) in [6, 6.07) is 4.08. The van der Waals surface area contributed by atoms with Crippen LogP contribution in [-0.4, -0.2) is 48.3 Å². The SMILES string of the molecule is C=CC(=O)NCCNC(=O)C1CCCN1C(=O)c1cc(Cl)cc(Cl)c1. The Labute approximate surface area is 156 Å². The van der Waals surface area contributed by atoms with Crippen LogP contribution in [0.5, 0.6) is 0 Å². The van der Waals surface area contributed by atoms with Crippen molar-refractivity contribution in [2.75, 3.05) is 19.6 Å². The Morgan fingerprint density at radius 3 is 2.44 bits per heavy atom. The molecule has 1 atom stereocenters. The molecule has 0 saturated carbocycles. The van der Waals surface area contributed by atoms with E-state index in [9.17, 15) is 14.4 Å². The molecule has 25 heavy (non-hydrogen) atoms. The fourth-order valence-corrected chi connectivity index (χ4v) is 3.21. The number of halogens is 2. The summed E-state index contributed by atoms with van der Waals surface area (Å²) in [7, 11) is 0. The Hall–Kier alpha value is -2.05. The molecule has 1 unspecified atom stereocenters. The monoisotopic (exact) mass is 383 g/mol. The average molecular weight is 384 g/mol. The number of benzene rings is 1. The molecule has 6 nitrogen and oxygen atoms in total. The lowest BCUT2D eigenvalue weighted by Gasteiger charge is -2.24. The van der Waals surface area contributed by atoms with Gasteiger partial charge in [0.15, 0.2) is 0 Å². The van der Waals surface area contributed by atoms with Crippen LogP contribution in [-0.2, 0) is 9.59 Å². The molecule has 2 N–H and O–H groups in total. The van der Waals surface area contributed by atoms with Crippen LogP contribution in [0.4, 0.5) is 0 Å². The summed E-state index contributed by atoms with van der Waals surface area (Å²) in [6.45, 7) is 4.41. The van der Waals surface area contributed by atoms with Gasteiger partial charge in [0.1, 0.15) is 6.04 Å². The van der Waals surface area contributed by atoms with Crippen molar-refractivity contribution < 1.29 is 14.4 Å². The van der Waals surface area contributed by atoms with Crippen molar-refractivity contribution in [1.29, 1.82) is 0 Å². The van der Waals surface area contributed by atoms with Crippen molar-refractivity contribution >= 4 is 40.9 Å². The van der Waals surface area contributed by atoms with Gasteiger partial charge in [-0.2, -0.15) is 0 Å². The van der Waals surface area contributed by atoms with Crippen molar-refractivity contribution in [2.45, 2.75) is 18.9 Å². The predicted octanol–water partition coefficient (Wildman–Crippen LogP) is 2.02. The van der Waals surface area contributed by atoms with Gasteiger partial charge in [-0.3, -0.25) is 14.4 Å². The fourth-order valence-electron chi connectivity index (χ4n) is 2.69. The van der Waals surface area contributed by atoms with Gasteiger partial charge in [-0.1, -0.05) is 29.8 Å². The molecule has 1 aromatic carbocycles. The van der Waals surface area contributed by atoms with Crippen LogP contribution < -0.4 is 10.6 Å². The maximum absolute atomic E-state index is 12.7. The largest absolute Gasteiger partial charge is 0.353 e. The van der Waals surface area contributed by atoms with Crippen LogP contribution in [0.2, 0.25) is 10.0 Å². The summed E-state index contributed by atoms with van der Waals surface area (Å²) in [6.07, 6.45) is 2.49. The van der Waals surface area contributed by atoms with Crippen molar-refractivity contribution in [2.24, 2.45) is 0 Å². The first-order valence-corrected chi connectivity index (χ1v) is 8.63. The molecular weight excluding hydrogens is 365 g/mol. The number of carbonyl (C=O) groups is 3. The molecule has 0 radical (unpaired) electrons. The Bertz CT molecular complexity index is 673. The Morgan fingerprint density at radius 2 is 1.80 bits per heavy atom. The van der Waals surface area contributed by atoms with Crippen LogP contribution in [0.15, 0.2) is 30.9 Å². The highest BCUT2D eigenvalue weighted by molar-refractivity contribution is 6.35. The zero-order valence-electron chi connectivity index (χ0n) is 13.6. The highest BCUT2D eigenvalue weighted by atomic mass is 35.5. The van der Waals surface area contributed by atoms with Crippen molar-refractivity contribution in [3.8, 4) is 0 Å². The minimum atomic E-state index is -0.541. The summed E-state index contributed by atoms with van der Waals surface area (Å²) in [5.41, 5.74) is 0.357. The van der Waals surface area contributed by atoms with Gasteiger partial charge in [0.25, 0.3) is 5.91 Å². The van der Waals surface area contributed by atoms with E-state index in [1.54, 1.807) is 6.07 Å². The van der Waals surface area contributed by atoms with Gasteiger partial charge in [0, 0.05) is 35.2 Å². The van der Waals surface area contributed by atoms with Crippen LogP contribution in [0.3, 0.4) is 0 Å². The minimum Gasteiger partial charge on any atom is -0.353 e. The lowest BCUT2D eigenvalue weighted by Crippen LogP contribution is -2.47. The molecule has 2 rings (SSSR count). The van der Waals surface area contributed by atoms with Gasteiger partial charge < -0.3 is 15.5 Å². The van der Waals surface area contributed by atoms with E-state index < -0.39 is 6.04 Å². The van der Waals surface area contributed by atoms with Crippen molar-refractivity contribution in [3.63, 3.8) is 0 Å². The molecule has 0 spiro atoms. The van der Waals surface area contributed by atoms with E-state index in [0.717, 1.165) is 12.5 Å². The van der Waals surface area contributed by atoms with Gasteiger partial charge in [-0.05, 0) is 37.1 Å². The normalized spacial score (nSPS) is 16.4. The maximum atomic E-state index is 12.7. The number of likely N-dealkylation sites (tertiary alicyclic amines) is 1. The van der Waals surface area contributed by atoms with Crippen LogP contribution >= 0.6 is 23.2 Å². The van der Waals surface area contributed by atoms with E-state index in [4.69, 9.17) is 23.2 Å². The van der Waals surface area contributed by atoms with Crippen molar-refractivity contribution in [1.82, 2.24) is 15.5 Å². The molecule has 134 valence electrons. The predicted molar refractivity (Wildman–Crippen MR) is 96.7 cm³/mol. The van der Waals surface area contributed by atoms with E-state index in [1.165, 1.54) is 17.0 Å². The first-order valence-electron chi connectivity index (χ1n) is 7.87. The third-order valence-electron chi connectivity index (χ3n) is 3.83. The molecule has 0 aromatic heterocycles. The minimum absolute atomic E-state index is 0.244. The number of carbonyl (C=O) groups excluding carboxylic acids is 3. The molecular formula is C17H19Cl2N3O3. The molecule has 1 saturated heterocycles. The quantitative estimate of drug-likeness (QED) is 0.582. The van der Waals surface area contributed by atoms with Crippen molar-refractivity contribution in [3.05, 3.63) is 46.5 Å². The number of nitrogens with one attached hydrogen (secondary N) is 2. The third-order valence-corrected chi connectivity index (χ3v) is 4.27. The fraction of sp³-hybridized carbons (Fsp3) is 0.353. The molecule has 1 aromatic rings. The van der Waals surface area contributed by atoms with Crippen LogP contribution in [0.1, 0.15) is 23.2 Å². The molecule has 0 bridgehead atoms. The smallest absolute Gasteiger partial charge is 0.254 e. The van der Waals surface area contributed by atoms with E-state index in [2.05, 4.69) is 17.2 Å². The van der Waals surface area contributed by atoms with E-state index in [0.29, 0.717) is 35.1 Å². The second-order valence-corrected chi connectivity index (χ2v) is 6.47. The van der Waals surface area contributed by atoms with Gasteiger partial charge in [0.2, 0.25) is 11.8 Å². The Kier molecular flexibility index (Phi) is 6.84. The van der Waals surface area contributed by atoms with Crippen LogP contribution in [0.25, 0.3) is 0 Å². The first kappa shape index (κ1) is 19.3. The van der Waals surface area contributed by atoms with Crippen LogP contribution in [0, 0.1) is 0 Å². The molecule has 1 aliphatic heterocycles. The van der Waals surface area contributed by atoms with Gasteiger partial charge in [-0.15, -0.1) is 0 Å². The molecule has 1 aliphatic rings. The maximum Gasteiger partial charge on any atom is 0.254 e. The highest BCUT2D eigenvalue weighted by Crippen LogP contribution is 2.24. The number of hydrogen-bond donors (Lipinski definition) is 2. The number of rotatable bonds is 6. The third kappa shape index (κ3) is 5.21. The van der Waals surface area contributed by atoms with Gasteiger partial charge in [-0.25, -0.2) is 0 Å². The summed E-state index contributed by atoms with van der Waals surface area (Å²) in [4.78, 5) is 37.6. The van der Waals surface area contributed by atoms with Gasteiger partial charge in [0.05, 0.1) is 0 Å². The Morgan fingerprint density at radius 1 is 1.16 bits per heavy atom. The summed E-state index contributed by atoms with van der Waals surface area (Å²) < 4.78 is 0. The van der Waals surface area contributed by atoms with E-state index >= 15 is 0 Å². The summed E-state index contributed by atoms with van der Waals surface area (Å²) >= 11 is 11.9. The molecule has 0 aliphatic carbocycles. The lowest BCUT2D eigenvalue weighted by atomic mass is 10.1. The number of amides is 3.